The molecule has 2 aromatic rings. The van der Waals surface area contributed by atoms with E-state index in [2.05, 4.69) is 20.5 Å². The molecule has 0 spiro atoms. The number of nitrogen functional groups attached to an aromatic ring is 1. The molecule has 0 aliphatic heterocycles. The first-order chi connectivity index (χ1) is 7.29. The van der Waals surface area contributed by atoms with Crippen LogP contribution in [0.25, 0.3) is 0 Å². The van der Waals surface area contributed by atoms with E-state index >= 15 is 0 Å². The first-order valence-electron chi connectivity index (χ1n) is 4.55. The molecule has 0 aliphatic rings. The Morgan fingerprint density at radius 1 is 1.40 bits per heavy atom. The summed E-state index contributed by atoms with van der Waals surface area (Å²) in [5, 5.41) is 4.16. The summed E-state index contributed by atoms with van der Waals surface area (Å²) in [6, 6.07) is 1.95. The van der Waals surface area contributed by atoms with Crippen molar-refractivity contribution in [1.29, 1.82) is 0 Å². The Bertz CT molecular complexity index is 432. The summed E-state index contributed by atoms with van der Waals surface area (Å²) in [5.41, 5.74) is 4.37. The molecule has 0 atom stereocenters. The predicted octanol–water partition coefficient (Wildman–Crippen LogP) is 0.315. The van der Waals surface area contributed by atoms with Gasteiger partial charge in [0.2, 0.25) is 0 Å². The fourth-order valence-corrected chi connectivity index (χ4v) is 1.23. The Labute approximate surface area is 87.1 Å². The lowest BCUT2D eigenvalue weighted by Crippen LogP contribution is -2.10. The molecule has 6 nitrogen and oxygen atoms in total. The van der Waals surface area contributed by atoms with Gasteiger partial charge in [-0.2, -0.15) is 5.10 Å². The van der Waals surface area contributed by atoms with Crippen LogP contribution in [0.15, 0.2) is 24.7 Å². The summed E-state index contributed by atoms with van der Waals surface area (Å²) in [7, 11) is 0. The van der Waals surface area contributed by atoms with Crippen molar-refractivity contribution in [1.82, 2.24) is 19.7 Å². The van der Waals surface area contributed by atoms with Gasteiger partial charge in [0.15, 0.2) is 5.82 Å². The number of nitrogens with two attached hydrogens (primary N) is 1. The number of aromatic nitrogens is 4. The van der Waals surface area contributed by atoms with Gasteiger partial charge in [0, 0.05) is 11.9 Å². The lowest BCUT2D eigenvalue weighted by Gasteiger charge is -2.04. The minimum Gasteiger partial charge on any atom is -0.307 e. The highest BCUT2D eigenvalue weighted by Crippen LogP contribution is 2.03. The quantitative estimate of drug-likeness (QED) is 0.555. The Hall–Kier alpha value is -1.95. The van der Waals surface area contributed by atoms with Crippen LogP contribution in [-0.4, -0.2) is 19.7 Å². The molecule has 0 amide bonds. The maximum atomic E-state index is 5.19. The number of hydrazine groups is 1. The molecule has 0 bridgehead atoms. The van der Waals surface area contributed by atoms with Crippen molar-refractivity contribution in [3.63, 3.8) is 0 Å². The van der Waals surface area contributed by atoms with E-state index in [1.165, 1.54) is 0 Å². The third-order valence-corrected chi connectivity index (χ3v) is 2.09. The van der Waals surface area contributed by atoms with Gasteiger partial charge in [-0.25, -0.2) is 10.8 Å². The fourth-order valence-electron chi connectivity index (χ4n) is 1.23. The third kappa shape index (κ3) is 2.10. The number of hydrogen-bond donors (Lipinski definition) is 2. The lowest BCUT2D eigenvalue weighted by atomic mass is 10.4. The molecule has 2 aromatic heterocycles. The molecule has 2 rings (SSSR count). The predicted molar refractivity (Wildman–Crippen MR) is 55.9 cm³/mol. The standard InChI is InChI=1S/C9H12N6/c1-7-2-3-13-15(7)6-8-4-12-9(14-10)5-11-8/h2-5H,6,10H2,1H3,(H,12,14). The van der Waals surface area contributed by atoms with Gasteiger partial charge in [0.25, 0.3) is 0 Å². The third-order valence-electron chi connectivity index (χ3n) is 2.09. The molecule has 0 aliphatic carbocycles. The molecule has 78 valence electrons. The molecule has 0 unspecified atom stereocenters. The molecule has 6 heteroatoms. The summed E-state index contributed by atoms with van der Waals surface area (Å²) in [6.07, 6.45) is 5.03. The average Bonchev–Trinajstić information content (AvgIpc) is 2.66. The summed E-state index contributed by atoms with van der Waals surface area (Å²) in [5.74, 6) is 5.74. The number of hydrogen-bond acceptors (Lipinski definition) is 5. The Kier molecular flexibility index (Phi) is 2.59. The Morgan fingerprint density at radius 3 is 2.80 bits per heavy atom. The zero-order valence-corrected chi connectivity index (χ0v) is 8.38. The number of nitrogens with one attached hydrogen (secondary N) is 1. The van der Waals surface area contributed by atoms with Crippen molar-refractivity contribution >= 4 is 5.82 Å². The van der Waals surface area contributed by atoms with Crippen LogP contribution in [0.2, 0.25) is 0 Å². The molecule has 0 fully saturated rings. The molecule has 0 saturated heterocycles. The van der Waals surface area contributed by atoms with Gasteiger partial charge in [-0.3, -0.25) is 9.67 Å². The molecule has 0 radical (unpaired) electrons. The van der Waals surface area contributed by atoms with Gasteiger partial charge >= 0.3 is 0 Å². The zero-order chi connectivity index (χ0) is 10.7. The van der Waals surface area contributed by atoms with Gasteiger partial charge < -0.3 is 5.43 Å². The Morgan fingerprint density at radius 2 is 2.27 bits per heavy atom. The van der Waals surface area contributed by atoms with Crippen LogP contribution < -0.4 is 11.3 Å². The SMILES string of the molecule is Cc1ccnn1Cc1cnc(NN)cn1. The molecule has 0 aromatic carbocycles. The van der Waals surface area contributed by atoms with Crippen LogP contribution in [0.4, 0.5) is 5.82 Å². The Balaban J connectivity index is 2.14. The van der Waals surface area contributed by atoms with Gasteiger partial charge in [-0.1, -0.05) is 0 Å². The van der Waals surface area contributed by atoms with E-state index in [0.29, 0.717) is 12.4 Å². The van der Waals surface area contributed by atoms with Crippen molar-refractivity contribution < 1.29 is 0 Å². The normalized spacial score (nSPS) is 10.3. The number of rotatable bonds is 3. The first-order valence-corrected chi connectivity index (χ1v) is 4.55. The smallest absolute Gasteiger partial charge is 0.158 e. The van der Waals surface area contributed by atoms with Crippen LogP contribution in [-0.2, 0) is 6.54 Å². The highest BCUT2D eigenvalue weighted by Gasteiger charge is 2.00. The topological polar surface area (TPSA) is 81.7 Å². The highest BCUT2D eigenvalue weighted by atomic mass is 15.3. The molecular weight excluding hydrogens is 192 g/mol. The average molecular weight is 204 g/mol. The maximum Gasteiger partial charge on any atom is 0.158 e. The second-order valence-electron chi connectivity index (χ2n) is 3.17. The lowest BCUT2D eigenvalue weighted by molar-refractivity contribution is 0.650. The highest BCUT2D eigenvalue weighted by molar-refractivity contribution is 5.28. The van der Waals surface area contributed by atoms with Gasteiger partial charge in [0.05, 0.1) is 24.6 Å². The minimum atomic E-state index is 0.552. The number of aryl methyl sites for hydroxylation is 1. The monoisotopic (exact) mass is 204 g/mol. The van der Waals surface area contributed by atoms with Gasteiger partial charge in [0.1, 0.15) is 0 Å². The van der Waals surface area contributed by atoms with Crippen LogP contribution in [0.3, 0.4) is 0 Å². The van der Waals surface area contributed by atoms with E-state index in [-0.39, 0.29) is 0 Å². The molecule has 2 heterocycles. The van der Waals surface area contributed by atoms with Crippen LogP contribution in [0.5, 0.6) is 0 Å². The maximum absolute atomic E-state index is 5.19. The summed E-state index contributed by atoms with van der Waals surface area (Å²) >= 11 is 0. The minimum absolute atomic E-state index is 0.552. The molecule has 15 heavy (non-hydrogen) atoms. The van der Waals surface area contributed by atoms with E-state index in [9.17, 15) is 0 Å². The van der Waals surface area contributed by atoms with Crippen LogP contribution >= 0.6 is 0 Å². The van der Waals surface area contributed by atoms with E-state index in [1.807, 2.05) is 17.7 Å². The van der Waals surface area contributed by atoms with Crippen LogP contribution in [0.1, 0.15) is 11.4 Å². The summed E-state index contributed by atoms with van der Waals surface area (Å²) < 4.78 is 1.86. The van der Waals surface area contributed by atoms with E-state index in [1.54, 1.807) is 18.6 Å². The number of nitrogens with zero attached hydrogens (tertiary/aromatic N) is 4. The molecular formula is C9H12N6. The zero-order valence-electron chi connectivity index (χ0n) is 8.38. The largest absolute Gasteiger partial charge is 0.307 e. The fraction of sp³-hybridized carbons (Fsp3) is 0.222. The first kappa shape index (κ1) is 9.60. The second-order valence-corrected chi connectivity index (χ2v) is 3.17. The van der Waals surface area contributed by atoms with Crippen molar-refractivity contribution in [3.8, 4) is 0 Å². The van der Waals surface area contributed by atoms with E-state index in [4.69, 9.17) is 5.84 Å². The van der Waals surface area contributed by atoms with Crippen molar-refractivity contribution in [3.05, 3.63) is 36.0 Å². The molecule has 0 saturated carbocycles. The van der Waals surface area contributed by atoms with E-state index in [0.717, 1.165) is 11.4 Å². The van der Waals surface area contributed by atoms with Crippen molar-refractivity contribution in [2.45, 2.75) is 13.5 Å². The summed E-state index contributed by atoms with van der Waals surface area (Å²) in [6.45, 7) is 2.62. The van der Waals surface area contributed by atoms with Crippen molar-refractivity contribution in [2.75, 3.05) is 5.43 Å². The summed E-state index contributed by atoms with van der Waals surface area (Å²) in [4.78, 5) is 8.27. The second kappa shape index (κ2) is 4.05. The van der Waals surface area contributed by atoms with Crippen molar-refractivity contribution in [2.24, 2.45) is 5.84 Å². The van der Waals surface area contributed by atoms with Gasteiger partial charge in [-0.05, 0) is 13.0 Å². The van der Waals surface area contributed by atoms with E-state index < -0.39 is 0 Å². The van der Waals surface area contributed by atoms with Crippen LogP contribution in [0, 0.1) is 6.92 Å². The molecule has 3 N–H and O–H groups in total. The number of anilines is 1. The van der Waals surface area contributed by atoms with Gasteiger partial charge in [-0.15, -0.1) is 0 Å².